The highest BCUT2D eigenvalue weighted by Crippen LogP contribution is 2.14. The van der Waals surface area contributed by atoms with Gasteiger partial charge in [-0.3, -0.25) is 0 Å². The number of hydrogen-bond donors (Lipinski definition) is 1. The van der Waals surface area contributed by atoms with Crippen LogP contribution in [-0.4, -0.2) is 25.9 Å². The number of ether oxygens (including phenoxy) is 2. The molecule has 0 saturated carbocycles. The minimum absolute atomic E-state index is 0.407. The van der Waals surface area contributed by atoms with Gasteiger partial charge in [-0.25, -0.2) is 0 Å². The maximum atomic E-state index is 5.62. The molecule has 1 aliphatic heterocycles. The lowest BCUT2D eigenvalue weighted by Gasteiger charge is -2.11. The zero-order chi connectivity index (χ0) is 12.6. The Morgan fingerprint density at radius 1 is 1.44 bits per heavy atom. The number of benzene rings is 1. The Bertz CT molecular complexity index is 348. The highest BCUT2D eigenvalue weighted by atomic mass is 16.5. The highest BCUT2D eigenvalue weighted by molar-refractivity contribution is 5.28. The summed E-state index contributed by atoms with van der Waals surface area (Å²) in [6.07, 6.45) is 3.84. The van der Waals surface area contributed by atoms with Gasteiger partial charge in [-0.1, -0.05) is 19.1 Å². The summed E-state index contributed by atoms with van der Waals surface area (Å²) in [5.74, 6) is 0.966. The molecular formula is C15H23NO2. The monoisotopic (exact) mass is 249 g/mol. The second kappa shape index (κ2) is 7.39. The van der Waals surface area contributed by atoms with Gasteiger partial charge in [-0.05, 0) is 37.0 Å². The van der Waals surface area contributed by atoms with E-state index in [0.717, 1.165) is 38.5 Å². The van der Waals surface area contributed by atoms with Crippen LogP contribution in [0.4, 0.5) is 0 Å². The van der Waals surface area contributed by atoms with Gasteiger partial charge in [0.2, 0.25) is 0 Å². The van der Waals surface area contributed by atoms with Gasteiger partial charge in [0, 0.05) is 19.7 Å². The van der Waals surface area contributed by atoms with Gasteiger partial charge >= 0.3 is 0 Å². The van der Waals surface area contributed by atoms with E-state index in [1.54, 1.807) is 0 Å². The predicted molar refractivity (Wildman–Crippen MR) is 72.9 cm³/mol. The Kier molecular flexibility index (Phi) is 5.49. The van der Waals surface area contributed by atoms with E-state index < -0.39 is 0 Å². The van der Waals surface area contributed by atoms with Crippen molar-refractivity contribution in [3.05, 3.63) is 29.8 Å². The van der Waals surface area contributed by atoms with Crippen LogP contribution in [0.15, 0.2) is 24.3 Å². The first kappa shape index (κ1) is 13.4. The fourth-order valence-corrected chi connectivity index (χ4v) is 2.15. The summed E-state index contributed by atoms with van der Waals surface area (Å²) in [5.41, 5.74) is 1.27. The van der Waals surface area contributed by atoms with Gasteiger partial charge in [0.25, 0.3) is 0 Å². The Balaban J connectivity index is 1.74. The van der Waals surface area contributed by atoms with Crippen LogP contribution in [0.3, 0.4) is 0 Å². The smallest absolute Gasteiger partial charge is 0.119 e. The van der Waals surface area contributed by atoms with E-state index in [4.69, 9.17) is 9.47 Å². The normalized spacial score (nSPS) is 19.1. The molecule has 1 atom stereocenters. The van der Waals surface area contributed by atoms with Crippen LogP contribution in [0.1, 0.15) is 31.7 Å². The number of hydrogen-bond acceptors (Lipinski definition) is 3. The minimum atomic E-state index is 0.407. The minimum Gasteiger partial charge on any atom is -0.494 e. The van der Waals surface area contributed by atoms with Gasteiger partial charge in [0.05, 0.1) is 12.7 Å². The topological polar surface area (TPSA) is 30.5 Å². The molecule has 1 heterocycles. The molecule has 1 fully saturated rings. The van der Waals surface area contributed by atoms with Crippen LogP contribution in [0, 0.1) is 0 Å². The second-order valence-corrected chi connectivity index (χ2v) is 4.76. The van der Waals surface area contributed by atoms with Crippen molar-refractivity contribution in [1.29, 1.82) is 0 Å². The largest absolute Gasteiger partial charge is 0.494 e. The molecule has 100 valence electrons. The Hall–Kier alpha value is -1.06. The number of rotatable bonds is 7. The van der Waals surface area contributed by atoms with Crippen LogP contribution in [0.2, 0.25) is 0 Å². The molecule has 1 aromatic rings. The fourth-order valence-electron chi connectivity index (χ4n) is 2.15. The van der Waals surface area contributed by atoms with E-state index in [1.807, 2.05) is 12.1 Å². The van der Waals surface area contributed by atoms with Crippen LogP contribution in [0.25, 0.3) is 0 Å². The molecule has 1 N–H and O–H groups in total. The molecule has 1 unspecified atom stereocenters. The van der Waals surface area contributed by atoms with E-state index >= 15 is 0 Å². The second-order valence-electron chi connectivity index (χ2n) is 4.76. The predicted octanol–water partition coefficient (Wildman–Crippen LogP) is 2.74. The molecule has 0 bridgehead atoms. The first-order chi connectivity index (χ1) is 8.88. The molecule has 2 rings (SSSR count). The van der Waals surface area contributed by atoms with Crippen molar-refractivity contribution in [2.45, 2.75) is 38.8 Å². The average Bonchev–Trinajstić information content (AvgIpc) is 2.90. The molecule has 0 aliphatic carbocycles. The summed E-state index contributed by atoms with van der Waals surface area (Å²) >= 11 is 0. The van der Waals surface area contributed by atoms with Crippen LogP contribution >= 0.6 is 0 Å². The Morgan fingerprint density at radius 2 is 2.39 bits per heavy atom. The van der Waals surface area contributed by atoms with E-state index in [1.165, 1.54) is 18.4 Å². The van der Waals surface area contributed by atoms with Crippen LogP contribution < -0.4 is 10.1 Å². The van der Waals surface area contributed by atoms with Gasteiger partial charge < -0.3 is 14.8 Å². The van der Waals surface area contributed by atoms with Crippen molar-refractivity contribution in [2.24, 2.45) is 0 Å². The van der Waals surface area contributed by atoms with Gasteiger partial charge in [-0.15, -0.1) is 0 Å². The molecule has 18 heavy (non-hydrogen) atoms. The lowest BCUT2D eigenvalue weighted by atomic mass is 10.2. The molecule has 1 aliphatic rings. The Labute approximate surface area is 109 Å². The van der Waals surface area contributed by atoms with E-state index in [0.29, 0.717) is 6.10 Å². The van der Waals surface area contributed by atoms with Gasteiger partial charge in [0.1, 0.15) is 5.75 Å². The lowest BCUT2D eigenvalue weighted by molar-refractivity contribution is 0.110. The maximum Gasteiger partial charge on any atom is 0.119 e. The molecule has 1 aromatic carbocycles. The molecule has 1 saturated heterocycles. The third-order valence-electron chi connectivity index (χ3n) is 3.10. The van der Waals surface area contributed by atoms with E-state index in [2.05, 4.69) is 24.4 Å². The highest BCUT2D eigenvalue weighted by Gasteiger charge is 2.14. The zero-order valence-electron chi connectivity index (χ0n) is 11.2. The molecule has 3 heteroatoms. The molecule has 0 amide bonds. The van der Waals surface area contributed by atoms with Crippen molar-refractivity contribution < 1.29 is 9.47 Å². The standard InChI is InChI=1S/C15H23NO2/c1-2-8-17-14-6-3-5-13(10-14)11-16-12-15-7-4-9-18-15/h3,5-6,10,15-16H,2,4,7-9,11-12H2,1H3. The third kappa shape index (κ3) is 4.31. The first-order valence-corrected chi connectivity index (χ1v) is 6.92. The summed E-state index contributed by atoms with van der Waals surface area (Å²) < 4.78 is 11.2. The summed E-state index contributed by atoms with van der Waals surface area (Å²) in [6, 6.07) is 8.30. The van der Waals surface area contributed by atoms with Crippen molar-refractivity contribution in [1.82, 2.24) is 5.32 Å². The lowest BCUT2D eigenvalue weighted by Crippen LogP contribution is -2.25. The molecular weight excluding hydrogens is 226 g/mol. The molecule has 3 nitrogen and oxygen atoms in total. The van der Waals surface area contributed by atoms with Crippen LogP contribution in [0.5, 0.6) is 5.75 Å². The third-order valence-corrected chi connectivity index (χ3v) is 3.10. The zero-order valence-corrected chi connectivity index (χ0v) is 11.2. The molecule has 0 radical (unpaired) electrons. The Morgan fingerprint density at radius 3 is 3.17 bits per heavy atom. The van der Waals surface area contributed by atoms with E-state index in [-0.39, 0.29) is 0 Å². The van der Waals surface area contributed by atoms with Crippen molar-refractivity contribution >= 4 is 0 Å². The van der Waals surface area contributed by atoms with Crippen molar-refractivity contribution in [2.75, 3.05) is 19.8 Å². The summed E-state index contributed by atoms with van der Waals surface area (Å²) in [4.78, 5) is 0. The molecule has 0 spiro atoms. The maximum absolute atomic E-state index is 5.62. The quantitative estimate of drug-likeness (QED) is 0.806. The summed E-state index contributed by atoms with van der Waals surface area (Å²) in [6.45, 7) is 5.65. The van der Waals surface area contributed by atoms with E-state index in [9.17, 15) is 0 Å². The van der Waals surface area contributed by atoms with Crippen molar-refractivity contribution in [3.8, 4) is 5.75 Å². The average molecular weight is 249 g/mol. The van der Waals surface area contributed by atoms with Gasteiger partial charge in [0.15, 0.2) is 0 Å². The summed E-state index contributed by atoms with van der Waals surface area (Å²) in [7, 11) is 0. The number of nitrogens with one attached hydrogen (secondary N) is 1. The fraction of sp³-hybridized carbons (Fsp3) is 0.600. The van der Waals surface area contributed by atoms with Crippen LogP contribution in [-0.2, 0) is 11.3 Å². The first-order valence-electron chi connectivity index (χ1n) is 6.92. The SMILES string of the molecule is CCCOc1cccc(CNCC2CCCO2)c1. The molecule has 0 aromatic heterocycles. The summed E-state index contributed by atoms with van der Waals surface area (Å²) in [5, 5.41) is 3.45. The van der Waals surface area contributed by atoms with Crippen molar-refractivity contribution in [3.63, 3.8) is 0 Å². The van der Waals surface area contributed by atoms with Gasteiger partial charge in [-0.2, -0.15) is 0 Å².